The molecule has 0 saturated carbocycles. The highest BCUT2D eigenvalue weighted by molar-refractivity contribution is 6.30. The molecular formula is C16H19Cl2N. The van der Waals surface area contributed by atoms with Crippen LogP contribution in [-0.2, 0) is 6.42 Å². The fraction of sp³-hybridized carbons (Fsp3) is 0.250. The Morgan fingerprint density at radius 3 is 2.05 bits per heavy atom. The molecule has 0 aliphatic carbocycles. The largest absolute Gasteiger partial charge is 0.302 e. The van der Waals surface area contributed by atoms with Gasteiger partial charge in [-0.15, -0.1) is 12.4 Å². The minimum absolute atomic E-state index is 0. The van der Waals surface area contributed by atoms with Gasteiger partial charge in [-0.1, -0.05) is 54.1 Å². The van der Waals surface area contributed by atoms with Crippen molar-refractivity contribution in [2.24, 2.45) is 0 Å². The monoisotopic (exact) mass is 295 g/mol. The Labute approximate surface area is 126 Å². The summed E-state index contributed by atoms with van der Waals surface area (Å²) in [7, 11) is 4.24. The molecule has 0 heterocycles. The lowest BCUT2D eigenvalue weighted by Crippen LogP contribution is -2.22. The standard InChI is InChI=1S/C16H18ClN.ClH/c1-18(2)16(14-6-4-3-5-7-14)12-13-8-10-15(17)11-9-13;/h3-11,16H,12H2,1-2H3;1H. The van der Waals surface area contributed by atoms with Gasteiger partial charge in [0.1, 0.15) is 0 Å². The van der Waals surface area contributed by atoms with Gasteiger partial charge in [-0.25, -0.2) is 0 Å². The highest BCUT2D eigenvalue weighted by Crippen LogP contribution is 2.23. The Morgan fingerprint density at radius 2 is 1.53 bits per heavy atom. The number of hydrogen-bond donors (Lipinski definition) is 0. The molecule has 0 N–H and O–H groups in total. The van der Waals surface area contributed by atoms with E-state index in [1.165, 1.54) is 11.1 Å². The Morgan fingerprint density at radius 1 is 0.947 bits per heavy atom. The molecule has 0 spiro atoms. The van der Waals surface area contributed by atoms with E-state index in [1.807, 2.05) is 12.1 Å². The van der Waals surface area contributed by atoms with Crippen molar-refractivity contribution in [2.45, 2.75) is 12.5 Å². The van der Waals surface area contributed by atoms with Crippen LogP contribution >= 0.6 is 24.0 Å². The number of rotatable bonds is 4. The summed E-state index contributed by atoms with van der Waals surface area (Å²) in [6.07, 6.45) is 0.994. The summed E-state index contributed by atoms with van der Waals surface area (Å²) in [5.74, 6) is 0. The third-order valence-corrected chi connectivity index (χ3v) is 3.40. The van der Waals surface area contributed by atoms with Crippen molar-refractivity contribution in [3.8, 4) is 0 Å². The van der Waals surface area contributed by atoms with Crippen LogP contribution < -0.4 is 0 Å². The first kappa shape index (κ1) is 16.0. The summed E-state index contributed by atoms with van der Waals surface area (Å²) >= 11 is 5.92. The zero-order chi connectivity index (χ0) is 13.0. The van der Waals surface area contributed by atoms with Crippen LogP contribution in [0.3, 0.4) is 0 Å². The SMILES string of the molecule is CN(C)C(Cc1ccc(Cl)cc1)c1ccccc1.Cl. The quantitative estimate of drug-likeness (QED) is 0.796. The van der Waals surface area contributed by atoms with Gasteiger partial charge < -0.3 is 4.90 Å². The Bertz CT molecular complexity index is 480. The molecule has 0 fully saturated rings. The fourth-order valence-electron chi connectivity index (χ4n) is 2.12. The zero-order valence-electron chi connectivity index (χ0n) is 11.2. The molecule has 0 amide bonds. The van der Waals surface area contributed by atoms with Crippen molar-refractivity contribution < 1.29 is 0 Å². The molecule has 0 aromatic heterocycles. The van der Waals surface area contributed by atoms with Crippen LogP contribution in [0, 0.1) is 0 Å². The number of nitrogens with zero attached hydrogens (tertiary/aromatic N) is 1. The van der Waals surface area contributed by atoms with E-state index in [2.05, 4.69) is 61.5 Å². The van der Waals surface area contributed by atoms with Gasteiger partial charge in [0.05, 0.1) is 0 Å². The number of hydrogen-bond acceptors (Lipinski definition) is 1. The minimum Gasteiger partial charge on any atom is -0.302 e. The molecule has 1 unspecified atom stereocenters. The van der Waals surface area contributed by atoms with Gasteiger partial charge in [-0.3, -0.25) is 0 Å². The highest BCUT2D eigenvalue weighted by atomic mass is 35.5. The van der Waals surface area contributed by atoms with E-state index >= 15 is 0 Å². The molecule has 2 aromatic carbocycles. The topological polar surface area (TPSA) is 3.24 Å². The summed E-state index contributed by atoms with van der Waals surface area (Å²) in [5, 5.41) is 0.792. The van der Waals surface area contributed by atoms with Gasteiger partial charge in [-0.05, 0) is 43.8 Å². The first-order valence-corrected chi connectivity index (χ1v) is 6.50. The van der Waals surface area contributed by atoms with E-state index in [-0.39, 0.29) is 12.4 Å². The summed E-state index contributed by atoms with van der Waals surface area (Å²) in [6.45, 7) is 0. The van der Waals surface area contributed by atoms with E-state index in [0.717, 1.165) is 11.4 Å². The average molecular weight is 296 g/mol. The average Bonchev–Trinajstić information content (AvgIpc) is 2.38. The smallest absolute Gasteiger partial charge is 0.0406 e. The van der Waals surface area contributed by atoms with Gasteiger partial charge in [0.25, 0.3) is 0 Å². The molecule has 2 aromatic rings. The van der Waals surface area contributed by atoms with Gasteiger partial charge in [0, 0.05) is 11.1 Å². The molecule has 19 heavy (non-hydrogen) atoms. The Kier molecular flexibility index (Phi) is 6.36. The van der Waals surface area contributed by atoms with Crippen molar-refractivity contribution >= 4 is 24.0 Å². The summed E-state index contributed by atoms with van der Waals surface area (Å²) < 4.78 is 0. The molecule has 0 bridgehead atoms. The van der Waals surface area contributed by atoms with Gasteiger partial charge >= 0.3 is 0 Å². The molecule has 1 nitrogen and oxygen atoms in total. The lowest BCUT2D eigenvalue weighted by molar-refractivity contribution is 0.297. The zero-order valence-corrected chi connectivity index (χ0v) is 12.8. The van der Waals surface area contributed by atoms with Crippen LogP contribution in [0.4, 0.5) is 0 Å². The molecule has 2 rings (SSSR count). The molecule has 1 atom stereocenters. The van der Waals surface area contributed by atoms with Crippen molar-refractivity contribution in [3.05, 3.63) is 70.7 Å². The summed E-state index contributed by atoms with van der Waals surface area (Å²) in [5.41, 5.74) is 2.65. The van der Waals surface area contributed by atoms with E-state index in [4.69, 9.17) is 11.6 Å². The molecule has 0 aliphatic rings. The number of benzene rings is 2. The summed E-state index contributed by atoms with van der Waals surface area (Å²) in [4.78, 5) is 2.25. The Hall–Kier alpha value is -1.02. The number of likely N-dealkylation sites (N-methyl/N-ethyl adjacent to an activating group) is 1. The third kappa shape index (κ3) is 4.54. The van der Waals surface area contributed by atoms with Crippen molar-refractivity contribution in [2.75, 3.05) is 14.1 Å². The van der Waals surface area contributed by atoms with Gasteiger partial charge in [0.15, 0.2) is 0 Å². The first-order chi connectivity index (χ1) is 8.66. The van der Waals surface area contributed by atoms with Crippen LogP contribution in [0.25, 0.3) is 0 Å². The molecule has 0 saturated heterocycles. The van der Waals surface area contributed by atoms with E-state index in [0.29, 0.717) is 6.04 Å². The Balaban J connectivity index is 0.00000180. The van der Waals surface area contributed by atoms with Crippen molar-refractivity contribution in [3.63, 3.8) is 0 Å². The molecule has 102 valence electrons. The summed E-state index contributed by atoms with van der Waals surface area (Å²) in [6, 6.07) is 19.1. The van der Waals surface area contributed by atoms with E-state index in [9.17, 15) is 0 Å². The highest BCUT2D eigenvalue weighted by Gasteiger charge is 2.14. The lowest BCUT2D eigenvalue weighted by atomic mass is 9.98. The van der Waals surface area contributed by atoms with Crippen LogP contribution in [-0.4, -0.2) is 19.0 Å². The third-order valence-electron chi connectivity index (χ3n) is 3.15. The van der Waals surface area contributed by atoms with Crippen LogP contribution in [0.15, 0.2) is 54.6 Å². The fourth-order valence-corrected chi connectivity index (χ4v) is 2.24. The predicted molar refractivity (Wildman–Crippen MR) is 85.3 cm³/mol. The molecule has 3 heteroatoms. The maximum Gasteiger partial charge on any atom is 0.0406 e. The van der Waals surface area contributed by atoms with Gasteiger partial charge in [0.2, 0.25) is 0 Å². The van der Waals surface area contributed by atoms with Crippen molar-refractivity contribution in [1.82, 2.24) is 4.90 Å². The lowest BCUT2D eigenvalue weighted by Gasteiger charge is -2.25. The second-order valence-corrected chi connectivity index (χ2v) is 5.16. The number of halogens is 2. The van der Waals surface area contributed by atoms with E-state index < -0.39 is 0 Å². The van der Waals surface area contributed by atoms with Crippen LogP contribution in [0.1, 0.15) is 17.2 Å². The maximum absolute atomic E-state index is 5.92. The molecule has 0 radical (unpaired) electrons. The minimum atomic E-state index is 0. The normalized spacial score (nSPS) is 12.0. The van der Waals surface area contributed by atoms with E-state index in [1.54, 1.807) is 0 Å². The molecular weight excluding hydrogens is 277 g/mol. The molecule has 0 aliphatic heterocycles. The van der Waals surface area contributed by atoms with Crippen LogP contribution in [0.2, 0.25) is 5.02 Å². The predicted octanol–water partition coefficient (Wildman–Crippen LogP) is 4.61. The first-order valence-electron chi connectivity index (χ1n) is 6.12. The van der Waals surface area contributed by atoms with Gasteiger partial charge in [-0.2, -0.15) is 0 Å². The maximum atomic E-state index is 5.92. The second kappa shape index (κ2) is 7.54. The van der Waals surface area contributed by atoms with Crippen LogP contribution in [0.5, 0.6) is 0 Å². The second-order valence-electron chi connectivity index (χ2n) is 4.72. The van der Waals surface area contributed by atoms with Crippen molar-refractivity contribution in [1.29, 1.82) is 0 Å².